The molecule has 14 nitrogen and oxygen atoms in total. The fourth-order valence-electron chi connectivity index (χ4n) is 3.87. The largest absolute Gasteiger partial charge is 0.477 e. The van der Waals surface area contributed by atoms with Crippen molar-refractivity contribution >= 4 is 40.8 Å². The first-order chi connectivity index (χ1) is 18.7. The van der Waals surface area contributed by atoms with E-state index in [1.807, 2.05) is 6.92 Å². The number of ether oxygens (including phenoxy) is 3. The molecule has 0 fully saturated rings. The second-order valence-corrected chi connectivity index (χ2v) is 8.52. The smallest absolute Gasteiger partial charge is 0.352 e. The Morgan fingerprint density at radius 2 is 1.08 bits per heavy atom. The SMILES string of the molecule is CCCC(=O)Nc1cc(C(=O)Nc2cc(C(=O)Nc3cc(C(=O)O)n(COC)c3)n(COC)c2)n(COC)c1. The van der Waals surface area contributed by atoms with Crippen molar-refractivity contribution in [2.75, 3.05) is 37.3 Å². The van der Waals surface area contributed by atoms with Crippen LogP contribution in [0.3, 0.4) is 0 Å². The summed E-state index contributed by atoms with van der Waals surface area (Å²) in [5.74, 6) is -2.39. The quantitative estimate of drug-likeness (QED) is 0.240. The lowest BCUT2D eigenvalue weighted by Gasteiger charge is -2.07. The number of rotatable bonds is 14. The zero-order chi connectivity index (χ0) is 28.5. The van der Waals surface area contributed by atoms with Crippen LogP contribution >= 0.6 is 0 Å². The van der Waals surface area contributed by atoms with Crippen molar-refractivity contribution in [3.8, 4) is 0 Å². The van der Waals surface area contributed by atoms with Crippen LogP contribution in [0.1, 0.15) is 51.2 Å². The predicted octanol–water partition coefficient (Wildman–Crippen LogP) is 2.84. The standard InChI is InChI=1S/C25H32N6O8/c1-5-6-22(32)26-16-7-19(29(10-16)13-37-2)23(33)27-17-8-20(30(11-17)14-38-3)24(34)28-18-9-21(25(35)36)31(12-18)15-39-4/h7-12H,5-6,13-15H2,1-4H3,(H,26,32)(H,27,33)(H,28,34)(H,35,36). The number of carboxylic acid groups (broad SMARTS) is 1. The summed E-state index contributed by atoms with van der Waals surface area (Å²) in [6.45, 7) is 1.97. The Labute approximate surface area is 224 Å². The van der Waals surface area contributed by atoms with Crippen LogP contribution < -0.4 is 16.0 Å². The van der Waals surface area contributed by atoms with Crippen LogP contribution in [-0.2, 0) is 39.2 Å². The number of methoxy groups -OCH3 is 3. The summed E-state index contributed by atoms with van der Waals surface area (Å²) in [6, 6.07) is 4.31. The van der Waals surface area contributed by atoms with E-state index in [0.29, 0.717) is 24.2 Å². The highest BCUT2D eigenvalue weighted by Crippen LogP contribution is 2.21. The van der Waals surface area contributed by atoms with Gasteiger partial charge in [0.05, 0.1) is 17.1 Å². The summed E-state index contributed by atoms with van der Waals surface area (Å²) in [4.78, 5) is 49.7. The topological polar surface area (TPSA) is 167 Å². The molecule has 0 saturated carbocycles. The molecule has 0 unspecified atom stereocenters. The van der Waals surface area contributed by atoms with Crippen molar-refractivity contribution in [3.05, 3.63) is 53.9 Å². The van der Waals surface area contributed by atoms with Gasteiger partial charge in [0.15, 0.2) is 0 Å². The van der Waals surface area contributed by atoms with Crippen molar-refractivity contribution in [1.82, 2.24) is 13.7 Å². The monoisotopic (exact) mass is 544 g/mol. The summed E-state index contributed by atoms with van der Waals surface area (Å²) < 4.78 is 19.7. The molecule has 210 valence electrons. The van der Waals surface area contributed by atoms with E-state index in [-0.39, 0.29) is 48.9 Å². The molecule has 0 bridgehead atoms. The Kier molecular flexibility index (Phi) is 10.0. The fourth-order valence-corrected chi connectivity index (χ4v) is 3.87. The molecule has 14 heteroatoms. The van der Waals surface area contributed by atoms with Gasteiger partial charge >= 0.3 is 5.97 Å². The molecule has 0 radical (unpaired) electrons. The molecule has 0 spiro atoms. The van der Waals surface area contributed by atoms with Crippen LogP contribution in [0.4, 0.5) is 17.1 Å². The van der Waals surface area contributed by atoms with Gasteiger partial charge < -0.3 is 49.0 Å². The molecule has 3 aromatic heterocycles. The molecule has 0 aromatic carbocycles. The minimum Gasteiger partial charge on any atom is -0.477 e. The summed E-state index contributed by atoms with van der Waals surface area (Å²) >= 11 is 0. The van der Waals surface area contributed by atoms with Crippen molar-refractivity contribution in [2.45, 2.75) is 40.0 Å². The Morgan fingerprint density at radius 3 is 1.46 bits per heavy atom. The number of aromatic carboxylic acids is 1. The molecule has 0 aliphatic carbocycles. The van der Waals surface area contributed by atoms with Crippen LogP contribution in [0.15, 0.2) is 36.8 Å². The van der Waals surface area contributed by atoms with Gasteiger partial charge in [-0.2, -0.15) is 0 Å². The lowest BCUT2D eigenvalue weighted by molar-refractivity contribution is -0.116. The van der Waals surface area contributed by atoms with E-state index in [1.165, 1.54) is 61.1 Å². The summed E-state index contributed by atoms with van der Waals surface area (Å²) in [7, 11) is 4.36. The molecule has 3 heterocycles. The molecule has 3 aromatic rings. The van der Waals surface area contributed by atoms with Crippen molar-refractivity contribution in [2.24, 2.45) is 0 Å². The Morgan fingerprint density at radius 1 is 0.692 bits per heavy atom. The number of anilines is 3. The Hall–Kier alpha value is -4.40. The molecular formula is C25H32N6O8. The summed E-state index contributed by atoms with van der Waals surface area (Å²) in [6.07, 6.45) is 5.61. The minimum atomic E-state index is -1.17. The van der Waals surface area contributed by atoms with Crippen LogP contribution in [0.25, 0.3) is 0 Å². The first kappa shape index (κ1) is 29.2. The van der Waals surface area contributed by atoms with E-state index in [2.05, 4.69) is 16.0 Å². The second kappa shape index (κ2) is 13.4. The Balaban J connectivity index is 1.82. The van der Waals surface area contributed by atoms with Gasteiger partial charge in [-0.1, -0.05) is 6.92 Å². The van der Waals surface area contributed by atoms with E-state index in [4.69, 9.17) is 14.2 Å². The number of carbonyl (C=O) groups is 4. The van der Waals surface area contributed by atoms with Crippen LogP contribution in [0.5, 0.6) is 0 Å². The lowest BCUT2D eigenvalue weighted by atomic mass is 10.3. The van der Waals surface area contributed by atoms with Gasteiger partial charge in [-0.15, -0.1) is 0 Å². The predicted molar refractivity (Wildman–Crippen MR) is 141 cm³/mol. The van der Waals surface area contributed by atoms with Crippen LogP contribution in [-0.4, -0.2) is 63.8 Å². The Bertz CT molecular complexity index is 1340. The zero-order valence-corrected chi connectivity index (χ0v) is 22.1. The van der Waals surface area contributed by atoms with Gasteiger partial charge in [-0.05, 0) is 24.6 Å². The van der Waals surface area contributed by atoms with Crippen LogP contribution in [0, 0.1) is 0 Å². The highest BCUT2D eigenvalue weighted by atomic mass is 16.5. The second-order valence-electron chi connectivity index (χ2n) is 8.52. The first-order valence-electron chi connectivity index (χ1n) is 11.9. The normalized spacial score (nSPS) is 10.9. The number of carboxylic acids is 1. The number of amides is 3. The van der Waals surface area contributed by atoms with Crippen molar-refractivity contribution in [1.29, 1.82) is 0 Å². The maximum atomic E-state index is 13.1. The minimum absolute atomic E-state index is 0.0113. The van der Waals surface area contributed by atoms with Gasteiger partial charge in [-0.3, -0.25) is 14.4 Å². The van der Waals surface area contributed by atoms with Gasteiger partial charge in [0, 0.05) is 46.3 Å². The highest BCUT2D eigenvalue weighted by Gasteiger charge is 2.20. The third-order valence-corrected chi connectivity index (χ3v) is 5.46. The molecule has 4 N–H and O–H groups in total. The van der Waals surface area contributed by atoms with E-state index < -0.39 is 17.8 Å². The number of hydrogen-bond acceptors (Lipinski definition) is 7. The van der Waals surface area contributed by atoms with Crippen LogP contribution in [0.2, 0.25) is 0 Å². The molecule has 0 atom stereocenters. The van der Waals surface area contributed by atoms with Gasteiger partial charge in [0.25, 0.3) is 11.8 Å². The molecule has 0 aliphatic rings. The van der Waals surface area contributed by atoms with Crippen molar-refractivity contribution < 1.29 is 38.5 Å². The number of nitrogens with one attached hydrogen (secondary N) is 3. The average Bonchev–Trinajstić information content (AvgIpc) is 3.57. The molecule has 39 heavy (non-hydrogen) atoms. The number of hydrogen-bond donors (Lipinski definition) is 4. The fraction of sp³-hybridized carbons (Fsp3) is 0.360. The maximum absolute atomic E-state index is 13.1. The van der Waals surface area contributed by atoms with E-state index in [0.717, 1.165) is 0 Å². The van der Waals surface area contributed by atoms with Gasteiger partial charge in [0.1, 0.15) is 37.3 Å². The number of nitrogens with zero attached hydrogens (tertiary/aromatic N) is 3. The molecular weight excluding hydrogens is 512 g/mol. The third kappa shape index (κ3) is 7.34. The van der Waals surface area contributed by atoms with E-state index >= 15 is 0 Å². The van der Waals surface area contributed by atoms with E-state index in [1.54, 1.807) is 10.8 Å². The average molecular weight is 545 g/mol. The molecule has 0 saturated heterocycles. The maximum Gasteiger partial charge on any atom is 0.352 e. The van der Waals surface area contributed by atoms with Gasteiger partial charge in [-0.25, -0.2) is 4.79 Å². The molecule has 3 rings (SSSR count). The summed E-state index contributed by atoms with van der Waals surface area (Å²) in [5, 5.41) is 17.6. The third-order valence-electron chi connectivity index (χ3n) is 5.46. The van der Waals surface area contributed by atoms with Gasteiger partial charge in [0.2, 0.25) is 5.91 Å². The number of aromatic nitrogens is 3. The molecule has 0 aliphatic heterocycles. The number of carbonyl (C=O) groups excluding carboxylic acids is 3. The van der Waals surface area contributed by atoms with E-state index in [9.17, 15) is 24.3 Å². The molecule has 3 amide bonds. The zero-order valence-electron chi connectivity index (χ0n) is 22.1. The van der Waals surface area contributed by atoms with Crippen molar-refractivity contribution in [3.63, 3.8) is 0 Å². The highest BCUT2D eigenvalue weighted by molar-refractivity contribution is 6.07. The lowest BCUT2D eigenvalue weighted by Crippen LogP contribution is -2.17. The summed E-state index contributed by atoms with van der Waals surface area (Å²) in [5.41, 5.74) is 1.34. The first-order valence-corrected chi connectivity index (χ1v) is 11.9.